The lowest BCUT2D eigenvalue weighted by Crippen LogP contribution is -2.06. The number of rotatable bonds is 5. The van der Waals surface area contributed by atoms with Crippen molar-refractivity contribution in [1.29, 1.82) is 0 Å². The van der Waals surface area contributed by atoms with E-state index in [1.165, 1.54) is 6.92 Å². The first-order chi connectivity index (χ1) is 15.4. The normalized spacial score (nSPS) is 10.2. The maximum absolute atomic E-state index is 11.1. The first kappa shape index (κ1) is 22.6. The number of nitrogens with zero attached hydrogens (tertiary/aromatic N) is 4. The van der Waals surface area contributed by atoms with Gasteiger partial charge in [-0.2, -0.15) is 10.2 Å². The van der Waals surface area contributed by atoms with Gasteiger partial charge in [0, 0.05) is 50.2 Å². The molecule has 2 aromatic heterocycles. The number of aryl methyl sites for hydroxylation is 2. The van der Waals surface area contributed by atoms with Crippen LogP contribution in [-0.2, 0) is 18.9 Å². The number of hydrogen-bond donors (Lipinski definition) is 1. The molecule has 0 radical (unpaired) electrons. The van der Waals surface area contributed by atoms with Gasteiger partial charge in [-0.3, -0.25) is 14.2 Å². The summed E-state index contributed by atoms with van der Waals surface area (Å²) in [6.45, 7) is 1.48. The van der Waals surface area contributed by atoms with Crippen LogP contribution in [0.5, 0.6) is 11.5 Å². The lowest BCUT2D eigenvalue weighted by Gasteiger charge is -2.11. The Labute approximate surface area is 187 Å². The Kier molecular flexibility index (Phi) is 7.28. The summed E-state index contributed by atoms with van der Waals surface area (Å²) >= 11 is 0. The van der Waals surface area contributed by atoms with E-state index in [0.717, 1.165) is 39.7 Å². The van der Waals surface area contributed by atoms with Crippen molar-refractivity contribution in [3.8, 4) is 34.0 Å². The summed E-state index contributed by atoms with van der Waals surface area (Å²) in [6, 6.07) is 17.3. The first-order valence-corrected chi connectivity index (χ1v) is 10.00. The third-order valence-electron chi connectivity index (χ3n) is 4.82. The van der Waals surface area contributed by atoms with Crippen molar-refractivity contribution in [1.82, 2.24) is 19.6 Å². The van der Waals surface area contributed by atoms with Gasteiger partial charge in [-0.1, -0.05) is 12.1 Å². The van der Waals surface area contributed by atoms with Gasteiger partial charge < -0.3 is 14.8 Å². The monoisotopic (exact) mass is 433 g/mol. The zero-order valence-electron chi connectivity index (χ0n) is 18.9. The third kappa shape index (κ3) is 5.15. The van der Waals surface area contributed by atoms with Gasteiger partial charge in [0.1, 0.15) is 11.5 Å². The van der Waals surface area contributed by atoms with E-state index >= 15 is 0 Å². The number of nitrogens with one attached hydrogen (secondary N) is 1. The van der Waals surface area contributed by atoms with Gasteiger partial charge in [0.15, 0.2) is 0 Å². The number of benzene rings is 2. The lowest BCUT2D eigenvalue weighted by molar-refractivity contribution is -0.114. The van der Waals surface area contributed by atoms with E-state index in [9.17, 15) is 4.79 Å². The second kappa shape index (κ2) is 10.3. The number of carbonyl (C=O) groups excluding carboxylic acids is 1. The Hall–Kier alpha value is -4.07. The molecule has 0 fully saturated rings. The van der Waals surface area contributed by atoms with Gasteiger partial charge >= 0.3 is 0 Å². The van der Waals surface area contributed by atoms with Gasteiger partial charge in [0.2, 0.25) is 5.91 Å². The molecule has 0 atom stereocenters. The smallest absolute Gasteiger partial charge is 0.221 e. The standard InChI is InChI=1S/C13H15N3O2.C11H12N2O/c1-9(17)15-10-4-5-13(18-3)11(8-10)12-6-7-14-16(12)2;1-13-10(7-8-12-13)9-5-3-4-6-11(9)14-2/h4-8H,1-3H3,(H,15,17);3-8H,1-2H3. The molecular weight excluding hydrogens is 406 g/mol. The molecule has 4 aromatic rings. The van der Waals surface area contributed by atoms with Crippen molar-refractivity contribution in [3.63, 3.8) is 0 Å². The molecule has 8 heteroatoms. The second-order valence-corrected chi connectivity index (χ2v) is 6.98. The van der Waals surface area contributed by atoms with Crippen LogP contribution in [0.3, 0.4) is 0 Å². The minimum Gasteiger partial charge on any atom is -0.496 e. The summed E-state index contributed by atoms with van der Waals surface area (Å²) < 4.78 is 14.2. The first-order valence-electron chi connectivity index (χ1n) is 10.00. The third-order valence-corrected chi connectivity index (χ3v) is 4.82. The van der Waals surface area contributed by atoms with E-state index < -0.39 is 0 Å². The Morgan fingerprint density at radius 3 is 1.91 bits per heavy atom. The second-order valence-electron chi connectivity index (χ2n) is 6.98. The molecule has 0 aliphatic carbocycles. The zero-order chi connectivity index (χ0) is 23.1. The number of para-hydroxylation sites is 1. The van der Waals surface area contributed by atoms with Crippen LogP contribution in [0.1, 0.15) is 6.92 Å². The van der Waals surface area contributed by atoms with Crippen LogP contribution in [-0.4, -0.2) is 39.7 Å². The maximum Gasteiger partial charge on any atom is 0.221 e. The number of carbonyl (C=O) groups is 1. The summed E-state index contributed by atoms with van der Waals surface area (Å²) in [5.74, 6) is 1.51. The van der Waals surface area contributed by atoms with Crippen LogP contribution in [0.2, 0.25) is 0 Å². The highest BCUT2D eigenvalue weighted by molar-refractivity contribution is 5.90. The zero-order valence-corrected chi connectivity index (χ0v) is 18.9. The summed E-state index contributed by atoms with van der Waals surface area (Å²) in [7, 11) is 7.07. The van der Waals surface area contributed by atoms with Crippen molar-refractivity contribution in [2.75, 3.05) is 19.5 Å². The molecule has 32 heavy (non-hydrogen) atoms. The lowest BCUT2D eigenvalue weighted by atomic mass is 10.1. The fourth-order valence-corrected chi connectivity index (χ4v) is 3.32. The molecule has 4 rings (SSSR count). The quantitative estimate of drug-likeness (QED) is 0.511. The largest absolute Gasteiger partial charge is 0.496 e. The SMILES string of the molecule is COc1ccc(NC(C)=O)cc1-c1ccnn1C.COc1ccccc1-c1ccnn1C. The van der Waals surface area contributed by atoms with Crippen LogP contribution in [0.15, 0.2) is 67.0 Å². The fraction of sp³-hybridized carbons (Fsp3) is 0.208. The summed E-state index contributed by atoms with van der Waals surface area (Å²) in [5.41, 5.74) is 4.68. The van der Waals surface area contributed by atoms with E-state index in [-0.39, 0.29) is 5.91 Å². The average Bonchev–Trinajstić information content (AvgIpc) is 3.41. The molecule has 2 aromatic carbocycles. The number of methoxy groups -OCH3 is 2. The van der Waals surface area contributed by atoms with E-state index in [0.29, 0.717) is 0 Å². The molecule has 0 bridgehead atoms. The highest BCUT2D eigenvalue weighted by Crippen LogP contribution is 2.32. The molecule has 0 aliphatic rings. The topological polar surface area (TPSA) is 83.2 Å². The molecule has 8 nitrogen and oxygen atoms in total. The molecule has 1 N–H and O–H groups in total. The van der Waals surface area contributed by atoms with Gasteiger partial charge in [-0.25, -0.2) is 0 Å². The molecule has 0 saturated carbocycles. The Morgan fingerprint density at radius 1 is 0.812 bits per heavy atom. The number of amides is 1. The summed E-state index contributed by atoms with van der Waals surface area (Å²) in [6.07, 6.45) is 3.50. The van der Waals surface area contributed by atoms with Crippen molar-refractivity contribution in [2.24, 2.45) is 14.1 Å². The van der Waals surface area contributed by atoms with Gasteiger partial charge in [-0.15, -0.1) is 0 Å². The number of anilines is 1. The molecule has 166 valence electrons. The van der Waals surface area contributed by atoms with Crippen LogP contribution in [0.4, 0.5) is 5.69 Å². The minimum absolute atomic E-state index is 0.101. The predicted octanol–water partition coefficient (Wildman–Crippen LogP) is 4.15. The van der Waals surface area contributed by atoms with E-state index in [1.54, 1.807) is 37.4 Å². The number of ether oxygens (including phenoxy) is 2. The fourth-order valence-electron chi connectivity index (χ4n) is 3.32. The Morgan fingerprint density at radius 2 is 1.38 bits per heavy atom. The van der Waals surface area contributed by atoms with E-state index in [4.69, 9.17) is 9.47 Å². The van der Waals surface area contributed by atoms with Crippen LogP contribution >= 0.6 is 0 Å². The van der Waals surface area contributed by atoms with Gasteiger partial charge in [-0.05, 0) is 42.5 Å². The average molecular weight is 434 g/mol. The molecular formula is C24H27N5O3. The van der Waals surface area contributed by atoms with Crippen molar-refractivity contribution in [2.45, 2.75) is 6.92 Å². The number of hydrogen-bond acceptors (Lipinski definition) is 5. The number of aromatic nitrogens is 4. The molecule has 0 spiro atoms. The molecule has 2 heterocycles. The van der Waals surface area contributed by atoms with Gasteiger partial charge in [0.25, 0.3) is 0 Å². The molecule has 0 aliphatic heterocycles. The predicted molar refractivity (Wildman–Crippen MR) is 125 cm³/mol. The van der Waals surface area contributed by atoms with E-state index in [1.807, 2.05) is 67.3 Å². The van der Waals surface area contributed by atoms with Crippen molar-refractivity contribution >= 4 is 11.6 Å². The highest BCUT2D eigenvalue weighted by atomic mass is 16.5. The highest BCUT2D eigenvalue weighted by Gasteiger charge is 2.11. The van der Waals surface area contributed by atoms with Crippen molar-refractivity contribution < 1.29 is 14.3 Å². The molecule has 1 amide bonds. The Bertz CT molecular complexity index is 1200. The molecule has 0 saturated heterocycles. The van der Waals surface area contributed by atoms with Crippen LogP contribution in [0, 0.1) is 0 Å². The molecule has 0 unspecified atom stereocenters. The summed E-state index contributed by atoms with van der Waals surface area (Å²) in [4.78, 5) is 11.1. The van der Waals surface area contributed by atoms with E-state index in [2.05, 4.69) is 15.5 Å². The van der Waals surface area contributed by atoms with Crippen molar-refractivity contribution in [3.05, 3.63) is 67.0 Å². The van der Waals surface area contributed by atoms with Crippen LogP contribution < -0.4 is 14.8 Å². The minimum atomic E-state index is -0.101. The summed E-state index contributed by atoms with van der Waals surface area (Å²) in [5, 5.41) is 11.0. The van der Waals surface area contributed by atoms with Crippen LogP contribution in [0.25, 0.3) is 22.5 Å². The maximum atomic E-state index is 11.1. The Balaban J connectivity index is 0.000000186. The van der Waals surface area contributed by atoms with Gasteiger partial charge in [0.05, 0.1) is 25.6 Å².